The summed E-state index contributed by atoms with van der Waals surface area (Å²) < 4.78 is 5.27. The number of carbonyl (C=O) groups excluding carboxylic acids is 2. The third-order valence-corrected chi connectivity index (χ3v) is 3.16. The van der Waals surface area contributed by atoms with Gasteiger partial charge in [-0.15, -0.1) is 6.58 Å². The van der Waals surface area contributed by atoms with E-state index in [1.54, 1.807) is 38.1 Å². The van der Waals surface area contributed by atoms with Gasteiger partial charge < -0.3 is 10.1 Å². The highest BCUT2D eigenvalue weighted by atomic mass is 16.5. The Morgan fingerprint density at radius 2 is 2.16 bits per heavy atom. The van der Waals surface area contributed by atoms with Gasteiger partial charge in [-0.05, 0) is 26.3 Å². The lowest BCUT2D eigenvalue weighted by molar-refractivity contribution is -0.156. The molecule has 100 valence electrons. The van der Waals surface area contributed by atoms with Crippen molar-refractivity contribution in [2.45, 2.75) is 31.8 Å². The molecular weight excluding hydrogens is 242 g/mol. The number of nitrogens with one attached hydrogen (secondary N) is 1. The van der Waals surface area contributed by atoms with E-state index in [9.17, 15) is 9.59 Å². The van der Waals surface area contributed by atoms with E-state index < -0.39 is 11.4 Å². The standard InChI is InChI=1S/C15H17NO3/c1-4-9-15(14(18)19-10(2)3)11-7-5-6-8-12(11)16-13(15)17/h4-8,10H,1,9H2,2-3H3,(H,16,17)/t15-/m0/s1. The Kier molecular flexibility index (Phi) is 3.42. The Bertz CT molecular complexity index is 536. The third kappa shape index (κ3) is 2.03. The van der Waals surface area contributed by atoms with Gasteiger partial charge in [0.05, 0.1) is 6.10 Å². The first-order valence-corrected chi connectivity index (χ1v) is 6.25. The van der Waals surface area contributed by atoms with Crippen LogP contribution in [0.1, 0.15) is 25.8 Å². The topological polar surface area (TPSA) is 55.4 Å². The van der Waals surface area contributed by atoms with E-state index in [0.29, 0.717) is 11.3 Å². The number of amides is 1. The summed E-state index contributed by atoms with van der Waals surface area (Å²) >= 11 is 0. The number of ether oxygens (including phenoxy) is 1. The second kappa shape index (κ2) is 4.88. The van der Waals surface area contributed by atoms with Gasteiger partial charge >= 0.3 is 5.97 Å². The Morgan fingerprint density at radius 3 is 2.79 bits per heavy atom. The molecule has 0 spiro atoms. The number of hydrogen-bond acceptors (Lipinski definition) is 3. The van der Waals surface area contributed by atoms with Crippen molar-refractivity contribution in [1.29, 1.82) is 0 Å². The monoisotopic (exact) mass is 259 g/mol. The zero-order valence-electron chi connectivity index (χ0n) is 11.1. The molecule has 4 heteroatoms. The number of carbonyl (C=O) groups is 2. The average molecular weight is 259 g/mol. The van der Waals surface area contributed by atoms with E-state index in [-0.39, 0.29) is 18.4 Å². The van der Waals surface area contributed by atoms with Gasteiger partial charge in [0.15, 0.2) is 5.41 Å². The minimum atomic E-state index is -1.30. The van der Waals surface area contributed by atoms with Crippen molar-refractivity contribution in [3.63, 3.8) is 0 Å². The summed E-state index contributed by atoms with van der Waals surface area (Å²) in [5.74, 6) is -0.871. The normalized spacial score (nSPS) is 20.9. The molecule has 0 saturated heterocycles. The molecule has 0 aromatic heterocycles. The Labute approximate surface area is 112 Å². The molecule has 1 aliphatic rings. The van der Waals surface area contributed by atoms with Gasteiger partial charge in [0.1, 0.15) is 0 Å². The maximum Gasteiger partial charge on any atom is 0.326 e. The van der Waals surface area contributed by atoms with Crippen LogP contribution in [0.3, 0.4) is 0 Å². The largest absolute Gasteiger partial charge is 0.462 e. The number of rotatable bonds is 4. The van der Waals surface area contributed by atoms with Crippen molar-refractivity contribution < 1.29 is 14.3 Å². The smallest absolute Gasteiger partial charge is 0.326 e. The first-order chi connectivity index (χ1) is 9.02. The maximum atomic E-state index is 12.4. The summed E-state index contributed by atoms with van der Waals surface area (Å²) in [5.41, 5.74) is 0.0170. The maximum absolute atomic E-state index is 12.4. The number of para-hydroxylation sites is 1. The van der Waals surface area contributed by atoms with E-state index >= 15 is 0 Å². The molecule has 0 aliphatic carbocycles. The molecule has 1 atom stereocenters. The molecule has 0 radical (unpaired) electrons. The van der Waals surface area contributed by atoms with E-state index in [0.717, 1.165) is 0 Å². The van der Waals surface area contributed by atoms with Crippen molar-refractivity contribution in [2.75, 3.05) is 5.32 Å². The van der Waals surface area contributed by atoms with Crippen LogP contribution in [0.4, 0.5) is 5.69 Å². The van der Waals surface area contributed by atoms with Crippen LogP contribution in [-0.4, -0.2) is 18.0 Å². The van der Waals surface area contributed by atoms with E-state index in [2.05, 4.69) is 11.9 Å². The molecule has 2 rings (SSSR count). The Morgan fingerprint density at radius 1 is 1.47 bits per heavy atom. The van der Waals surface area contributed by atoms with Crippen LogP contribution in [-0.2, 0) is 19.7 Å². The first-order valence-electron chi connectivity index (χ1n) is 6.25. The van der Waals surface area contributed by atoms with Gasteiger partial charge in [-0.1, -0.05) is 24.3 Å². The predicted molar refractivity (Wildman–Crippen MR) is 72.8 cm³/mol. The molecule has 4 nitrogen and oxygen atoms in total. The Hall–Kier alpha value is -2.10. The number of hydrogen-bond donors (Lipinski definition) is 1. The fraction of sp³-hybridized carbons (Fsp3) is 0.333. The lowest BCUT2D eigenvalue weighted by atomic mass is 9.78. The van der Waals surface area contributed by atoms with Gasteiger partial charge in [-0.25, -0.2) is 0 Å². The van der Waals surface area contributed by atoms with Gasteiger partial charge in [0.2, 0.25) is 5.91 Å². The summed E-state index contributed by atoms with van der Waals surface area (Å²) in [4.78, 5) is 24.7. The number of fused-ring (bicyclic) bond motifs is 1. The minimum absolute atomic E-state index is 0.224. The van der Waals surface area contributed by atoms with Crippen LogP contribution in [0, 0.1) is 0 Å². The number of esters is 1. The SMILES string of the molecule is C=CC[C@@]1(C(=O)OC(C)C)C(=O)Nc2ccccc21. The number of allylic oxidation sites excluding steroid dienone is 1. The molecule has 1 aromatic rings. The molecule has 19 heavy (non-hydrogen) atoms. The highest BCUT2D eigenvalue weighted by Gasteiger charge is 2.53. The van der Waals surface area contributed by atoms with Crippen molar-refractivity contribution in [2.24, 2.45) is 0 Å². The van der Waals surface area contributed by atoms with Gasteiger partial charge in [-0.2, -0.15) is 0 Å². The van der Waals surface area contributed by atoms with Crippen LogP contribution < -0.4 is 5.32 Å². The summed E-state index contributed by atoms with van der Waals surface area (Å²) in [6.45, 7) is 7.17. The molecule has 0 bridgehead atoms. The highest BCUT2D eigenvalue weighted by Crippen LogP contribution is 2.41. The zero-order chi connectivity index (χ0) is 14.0. The van der Waals surface area contributed by atoms with Gasteiger partial charge in [0.25, 0.3) is 0 Å². The summed E-state index contributed by atoms with van der Waals surface area (Å²) in [6.07, 6.45) is 1.53. The lowest BCUT2D eigenvalue weighted by Gasteiger charge is -2.25. The molecule has 0 unspecified atom stereocenters. The van der Waals surface area contributed by atoms with E-state index in [4.69, 9.17) is 4.74 Å². The van der Waals surface area contributed by atoms with Gasteiger partial charge in [-0.3, -0.25) is 9.59 Å². The molecule has 1 aliphatic heterocycles. The zero-order valence-corrected chi connectivity index (χ0v) is 11.1. The van der Waals surface area contributed by atoms with Crippen LogP contribution in [0.15, 0.2) is 36.9 Å². The molecule has 0 saturated carbocycles. The fourth-order valence-electron chi connectivity index (χ4n) is 2.34. The van der Waals surface area contributed by atoms with Crippen molar-refractivity contribution in [3.8, 4) is 0 Å². The highest BCUT2D eigenvalue weighted by molar-refractivity contribution is 6.19. The Balaban J connectivity index is 2.53. The first kappa shape index (κ1) is 13.3. The molecule has 0 fully saturated rings. The fourth-order valence-corrected chi connectivity index (χ4v) is 2.34. The van der Waals surface area contributed by atoms with Crippen LogP contribution in [0.5, 0.6) is 0 Å². The van der Waals surface area contributed by atoms with Gasteiger partial charge in [0, 0.05) is 11.3 Å². The summed E-state index contributed by atoms with van der Waals surface area (Å²) in [5, 5.41) is 2.74. The molecule has 1 N–H and O–H groups in total. The second-order valence-electron chi connectivity index (χ2n) is 4.85. The molecule has 1 aromatic carbocycles. The summed E-state index contributed by atoms with van der Waals surface area (Å²) in [7, 11) is 0. The van der Waals surface area contributed by atoms with Crippen LogP contribution in [0.25, 0.3) is 0 Å². The van der Waals surface area contributed by atoms with E-state index in [1.165, 1.54) is 0 Å². The lowest BCUT2D eigenvalue weighted by Crippen LogP contribution is -2.44. The minimum Gasteiger partial charge on any atom is -0.462 e. The molecular formula is C15H17NO3. The quantitative estimate of drug-likeness (QED) is 0.513. The summed E-state index contributed by atoms with van der Waals surface area (Å²) in [6, 6.07) is 7.18. The van der Waals surface area contributed by atoms with Crippen LogP contribution >= 0.6 is 0 Å². The number of anilines is 1. The van der Waals surface area contributed by atoms with Crippen molar-refractivity contribution in [3.05, 3.63) is 42.5 Å². The predicted octanol–water partition coefficient (Wildman–Crippen LogP) is 2.40. The second-order valence-corrected chi connectivity index (χ2v) is 4.85. The van der Waals surface area contributed by atoms with E-state index in [1.807, 2.05) is 6.07 Å². The van der Waals surface area contributed by atoms with Crippen LogP contribution in [0.2, 0.25) is 0 Å². The number of benzene rings is 1. The van der Waals surface area contributed by atoms with Crippen molar-refractivity contribution >= 4 is 17.6 Å². The molecule has 1 heterocycles. The molecule has 1 amide bonds. The third-order valence-electron chi connectivity index (χ3n) is 3.16. The van der Waals surface area contributed by atoms with Crippen molar-refractivity contribution in [1.82, 2.24) is 0 Å². The average Bonchev–Trinajstić information content (AvgIpc) is 2.63.